The lowest BCUT2D eigenvalue weighted by Crippen LogP contribution is -2.37. The summed E-state index contributed by atoms with van der Waals surface area (Å²) in [6, 6.07) is 3.34. The normalized spacial score (nSPS) is 14.5. The van der Waals surface area contributed by atoms with Gasteiger partial charge in [-0.3, -0.25) is 9.38 Å². The standard InChI is InChI=1S/C19H20F3N5O2.C2H6/c1-28-9-4-14-3-2-13(12-24-14)15-16(19(20,21)22)25-18-17(23-5-6-27(15)18)26-7-10-29-11-8-26;1-2/h2-3,5-6,12H,4,7-11H2,1H3;1-2H3. The molecule has 7 nitrogen and oxygen atoms in total. The molecule has 3 aromatic rings. The fourth-order valence-corrected chi connectivity index (χ4v) is 3.35. The number of ether oxygens (including phenoxy) is 2. The molecule has 1 fully saturated rings. The van der Waals surface area contributed by atoms with Gasteiger partial charge in [0, 0.05) is 56.5 Å². The summed E-state index contributed by atoms with van der Waals surface area (Å²) < 4.78 is 53.3. The van der Waals surface area contributed by atoms with Crippen molar-refractivity contribution in [2.45, 2.75) is 26.4 Å². The highest BCUT2D eigenvalue weighted by molar-refractivity contribution is 5.74. The second-order valence-electron chi connectivity index (χ2n) is 6.63. The second-order valence-corrected chi connectivity index (χ2v) is 6.63. The van der Waals surface area contributed by atoms with Crippen LogP contribution in [0.5, 0.6) is 0 Å². The van der Waals surface area contributed by atoms with Crippen molar-refractivity contribution in [2.75, 3.05) is 44.9 Å². The molecule has 0 aromatic carbocycles. The first-order valence-corrected chi connectivity index (χ1v) is 10.2. The zero-order chi connectivity index (χ0) is 22.4. The topological polar surface area (TPSA) is 64.8 Å². The van der Waals surface area contributed by atoms with Gasteiger partial charge in [0.2, 0.25) is 0 Å². The molecule has 3 aromatic heterocycles. The Kier molecular flexibility index (Phi) is 7.45. The van der Waals surface area contributed by atoms with Gasteiger partial charge in [-0.25, -0.2) is 9.97 Å². The molecule has 0 unspecified atom stereocenters. The molecule has 0 bridgehead atoms. The Balaban J connectivity index is 0.00000132. The maximum absolute atomic E-state index is 13.8. The van der Waals surface area contributed by atoms with E-state index < -0.39 is 11.9 Å². The molecule has 31 heavy (non-hydrogen) atoms. The van der Waals surface area contributed by atoms with Gasteiger partial charge in [0.05, 0.1) is 25.5 Å². The van der Waals surface area contributed by atoms with E-state index in [-0.39, 0.29) is 11.3 Å². The summed E-state index contributed by atoms with van der Waals surface area (Å²) in [7, 11) is 1.59. The lowest BCUT2D eigenvalue weighted by molar-refractivity contribution is -0.140. The third-order valence-electron chi connectivity index (χ3n) is 4.76. The number of rotatable bonds is 5. The molecular formula is C21H26F3N5O2. The molecule has 0 radical (unpaired) electrons. The molecule has 0 saturated carbocycles. The summed E-state index contributed by atoms with van der Waals surface area (Å²) in [5.74, 6) is 0.414. The highest BCUT2D eigenvalue weighted by atomic mass is 19.4. The van der Waals surface area contributed by atoms with Crippen molar-refractivity contribution in [3.63, 3.8) is 0 Å². The zero-order valence-electron chi connectivity index (χ0n) is 17.8. The molecule has 4 heterocycles. The molecule has 4 rings (SSSR count). The number of morpholine rings is 1. The van der Waals surface area contributed by atoms with Crippen LogP contribution in [0.4, 0.5) is 19.0 Å². The summed E-state index contributed by atoms with van der Waals surface area (Å²) >= 11 is 0. The van der Waals surface area contributed by atoms with Crippen LogP contribution in [0.25, 0.3) is 16.9 Å². The minimum Gasteiger partial charge on any atom is -0.384 e. The van der Waals surface area contributed by atoms with Crippen molar-refractivity contribution in [2.24, 2.45) is 0 Å². The van der Waals surface area contributed by atoms with Crippen molar-refractivity contribution < 1.29 is 22.6 Å². The number of fused-ring (bicyclic) bond motifs is 1. The monoisotopic (exact) mass is 437 g/mol. The van der Waals surface area contributed by atoms with Gasteiger partial charge in [-0.05, 0) is 12.1 Å². The first-order valence-electron chi connectivity index (χ1n) is 10.2. The Bertz CT molecular complexity index is 983. The van der Waals surface area contributed by atoms with E-state index in [2.05, 4.69) is 15.0 Å². The lowest BCUT2D eigenvalue weighted by atomic mass is 10.1. The van der Waals surface area contributed by atoms with Gasteiger partial charge in [0.25, 0.3) is 0 Å². The number of aromatic nitrogens is 4. The van der Waals surface area contributed by atoms with Crippen LogP contribution in [0, 0.1) is 0 Å². The summed E-state index contributed by atoms with van der Waals surface area (Å²) in [5.41, 5.74) is 0.251. The number of halogens is 3. The molecule has 1 saturated heterocycles. The van der Waals surface area contributed by atoms with E-state index in [1.165, 1.54) is 23.0 Å². The summed E-state index contributed by atoms with van der Waals surface area (Å²) in [4.78, 5) is 14.4. The molecule has 0 aliphatic carbocycles. The van der Waals surface area contributed by atoms with Crippen LogP contribution in [0.2, 0.25) is 0 Å². The van der Waals surface area contributed by atoms with Crippen molar-refractivity contribution in [3.8, 4) is 11.3 Å². The summed E-state index contributed by atoms with van der Waals surface area (Å²) in [5, 5.41) is 0. The fourth-order valence-electron chi connectivity index (χ4n) is 3.35. The van der Waals surface area contributed by atoms with Crippen molar-refractivity contribution in [3.05, 3.63) is 42.1 Å². The summed E-state index contributed by atoms with van der Waals surface area (Å²) in [6.07, 6.45) is 0.400. The van der Waals surface area contributed by atoms with Crippen LogP contribution in [0.15, 0.2) is 30.7 Å². The summed E-state index contributed by atoms with van der Waals surface area (Å²) in [6.45, 7) is 6.58. The van der Waals surface area contributed by atoms with Crippen LogP contribution in [-0.2, 0) is 22.1 Å². The van der Waals surface area contributed by atoms with Gasteiger partial charge in [-0.2, -0.15) is 13.2 Å². The van der Waals surface area contributed by atoms with Crippen LogP contribution in [0.3, 0.4) is 0 Å². The third kappa shape index (κ3) is 4.96. The van der Waals surface area contributed by atoms with Gasteiger partial charge in [0.15, 0.2) is 17.2 Å². The maximum Gasteiger partial charge on any atom is 0.435 e. The van der Waals surface area contributed by atoms with Gasteiger partial charge in [-0.1, -0.05) is 13.8 Å². The SMILES string of the molecule is CC.COCCc1ccc(-c2c(C(F)(F)F)nc3c(N4CCOCC4)nccn23)cn1. The molecular weight excluding hydrogens is 411 g/mol. The van der Waals surface area contributed by atoms with Gasteiger partial charge < -0.3 is 14.4 Å². The number of hydrogen-bond donors (Lipinski definition) is 0. The first-order chi connectivity index (χ1) is 15.0. The zero-order valence-corrected chi connectivity index (χ0v) is 17.8. The van der Waals surface area contributed by atoms with Gasteiger partial charge in [-0.15, -0.1) is 0 Å². The van der Waals surface area contributed by atoms with E-state index in [0.29, 0.717) is 50.7 Å². The highest BCUT2D eigenvalue weighted by Gasteiger charge is 2.39. The predicted molar refractivity (Wildman–Crippen MR) is 111 cm³/mol. The number of hydrogen-bond acceptors (Lipinski definition) is 6. The van der Waals surface area contributed by atoms with E-state index in [4.69, 9.17) is 9.47 Å². The fraction of sp³-hybridized carbons (Fsp3) is 0.476. The average Bonchev–Trinajstić information content (AvgIpc) is 3.20. The highest BCUT2D eigenvalue weighted by Crippen LogP contribution is 2.38. The number of methoxy groups -OCH3 is 1. The van der Waals surface area contributed by atoms with Crippen LogP contribution >= 0.6 is 0 Å². The smallest absolute Gasteiger partial charge is 0.384 e. The number of anilines is 1. The van der Waals surface area contributed by atoms with Gasteiger partial charge >= 0.3 is 6.18 Å². The Morgan fingerprint density at radius 2 is 1.87 bits per heavy atom. The Morgan fingerprint density at radius 3 is 2.48 bits per heavy atom. The predicted octanol–water partition coefficient (Wildman–Crippen LogP) is 3.86. The number of nitrogens with zero attached hydrogens (tertiary/aromatic N) is 5. The van der Waals surface area contributed by atoms with Crippen molar-refractivity contribution in [1.82, 2.24) is 19.4 Å². The van der Waals surface area contributed by atoms with E-state index in [0.717, 1.165) is 5.69 Å². The molecule has 0 amide bonds. The van der Waals surface area contributed by atoms with Crippen molar-refractivity contribution >= 4 is 11.5 Å². The van der Waals surface area contributed by atoms with Crippen LogP contribution in [0.1, 0.15) is 25.2 Å². The Hall–Kier alpha value is -2.72. The third-order valence-corrected chi connectivity index (χ3v) is 4.76. The minimum atomic E-state index is -4.61. The van der Waals surface area contributed by atoms with Crippen LogP contribution in [-0.4, -0.2) is 59.4 Å². The Morgan fingerprint density at radius 1 is 1.13 bits per heavy atom. The van der Waals surface area contributed by atoms with E-state index >= 15 is 0 Å². The molecule has 0 spiro atoms. The molecule has 1 aliphatic rings. The molecule has 168 valence electrons. The van der Waals surface area contributed by atoms with Gasteiger partial charge in [0.1, 0.15) is 0 Å². The quantitative estimate of drug-likeness (QED) is 0.604. The van der Waals surface area contributed by atoms with Crippen LogP contribution < -0.4 is 4.90 Å². The second kappa shape index (κ2) is 10.1. The molecule has 10 heteroatoms. The lowest BCUT2D eigenvalue weighted by Gasteiger charge is -2.27. The number of imidazole rings is 1. The maximum atomic E-state index is 13.8. The number of alkyl halides is 3. The Labute approximate surface area is 178 Å². The molecule has 0 atom stereocenters. The minimum absolute atomic E-state index is 0.0461. The van der Waals surface area contributed by atoms with E-state index in [1.807, 2.05) is 18.7 Å². The van der Waals surface area contributed by atoms with E-state index in [9.17, 15) is 13.2 Å². The number of pyridine rings is 1. The average molecular weight is 437 g/mol. The molecule has 1 aliphatic heterocycles. The van der Waals surface area contributed by atoms with Crippen molar-refractivity contribution in [1.29, 1.82) is 0 Å². The largest absolute Gasteiger partial charge is 0.435 e. The molecule has 0 N–H and O–H groups in total. The first kappa shape index (κ1) is 23.0. The van der Waals surface area contributed by atoms with E-state index in [1.54, 1.807) is 19.2 Å².